The topological polar surface area (TPSA) is 109 Å². The van der Waals surface area contributed by atoms with Gasteiger partial charge in [0.15, 0.2) is 0 Å². The average Bonchev–Trinajstić information content (AvgIpc) is 2.68. The van der Waals surface area contributed by atoms with Crippen molar-refractivity contribution < 1.29 is 23.5 Å². The van der Waals surface area contributed by atoms with Crippen molar-refractivity contribution in [1.82, 2.24) is 15.6 Å². The second kappa shape index (κ2) is 9.76. The van der Waals surface area contributed by atoms with Crippen molar-refractivity contribution in [3.8, 4) is 0 Å². The number of anilines is 1. The van der Waals surface area contributed by atoms with Crippen LogP contribution in [0.2, 0.25) is 0 Å². The number of pyridine rings is 1. The summed E-state index contributed by atoms with van der Waals surface area (Å²) in [6, 6.07) is 8.08. The van der Waals surface area contributed by atoms with Gasteiger partial charge < -0.3 is 20.7 Å². The van der Waals surface area contributed by atoms with Gasteiger partial charge >= 0.3 is 6.09 Å². The van der Waals surface area contributed by atoms with E-state index in [1.807, 2.05) is 0 Å². The van der Waals surface area contributed by atoms with E-state index in [9.17, 15) is 18.8 Å². The van der Waals surface area contributed by atoms with Crippen LogP contribution in [0, 0.1) is 5.82 Å². The van der Waals surface area contributed by atoms with Gasteiger partial charge in [0.2, 0.25) is 11.8 Å². The van der Waals surface area contributed by atoms with E-state index in [0.717, 1.165) is 0 Å². The van der Waals surface area contributed by atoms with Crippen molar-refractivity contribution in [3.05, 3.63) is 59.7 Å². The zero-order chi connectivity index (χ0) is 23.3. The molecule has 8 nitrogen and oxygen atoms in total. The van der Waals surface area contributed by atoms with E-state index in [1.54, 1.807) is 57.3 Å². The van der Waals surface area contributed by atoms with Gasteiger partial charge in [-0.3, -0.25) is 14.6 Å². The fraction of sp³-hybridized carbons (Fsp3) is 0.391. The van der Waals surface area contributed by atoms with Crippen molar-refractivity contribution in [1.29, 1.82) is 0 Å². The van der Waals surface area contributed by atoms with Gasteiger partial charge in [0.1, 0.15) is 17.5 Å². The summed E-state index contributed by atoms with van der Waals surface area (Å²) in [6.07, 6.45) is 1.09. The second-order valence-electron chi connectivity index (χ2n) is 8.65. The Morgan fingerprint density at radius 2 is 2.00 bits per heavy atom. The molecule has 1 aromatic carbocycles. The molecule has 1 unspecified atom stereocenters. The maximum atomic E-state index is 14.2. The van der Waals surface area contributed by atoms with Crippen LogP contribution >= 0.6 is 0 Å². The summed E-state index contributed by atoms with van der Waals surface area (Å²) in [5.74, 6) is -1.23. The second-order valence-corrected chi connectivity index (χ2v) is 8.65. The first kappa shape index (κ1) is 23.2. The quantitative estimate of drug-likeness (QED) is 0.637. The molecule has 0 aliphatic carbocycles. The number of hydrogen-bond donors (Lipinski definition) is 3. The molecule has 3 amide bonds. The van der Waals surface area contributed by atoms with Crippen molar-refractivity contribution in [2.24, 2.45) is 0 Å². The highest BCUT2D eigenvalue weighted by Crippen LogP contribution is 2.20. The first-order valence-corrected chi connectivity index (χ1v) is 10.4. The van der Waals surface area contributed by atoms with Crippen LogP contribution in [0.15, 0.2) is 42.6 Å². The van der Waals surface area contributed by atoms with E-state index in [4.69, 9.17) is 4.74 Å². The van der Waals surface area contributed by atoms with Gasteiger partial charge in [0, 0.05) is 25.1 Å². The van der Waals surface area contributed by atoms with Gasteiger partial charge in [-0.2, -0.15) is 0 Å². The maximum Gasteiger partial charge on any atom is 0.407 e. The van der Waals surface area contributed by atoms with E-state index in [1.165, 1.54) is 6.07 Å². The fourth-order valence-electron chi connectivity index (χ4n) is 3.39. The molecule has 2 heterocycles. The number of fused-ring (bicyclic) bond motifs is 1. The van der Waals surface area contributed by atoms with Crippen LogP contribution in [0.3, 0.4) is 0 Å². The summed E-state index contributed by atoms with van der Waals surface area (Å²) in [4.78, 5) is 41.6. The number of amides is 3. The fourth-order valence-corrected chi connectivity index (χ4v) is 3.39. The highest BCUT2D eigenvalue weighted by molar-refractivity contribution is 5.99. The lowest BCUT2D eigenvalue weighted by molar-refractivity contribution is -0.127. The normalized spacial score (nSPS) is 16.4. The Morgan fingerprint density at radius 3 is 2.72 bits per heavy atom. The molecule has 3 N–H and O–H groups in total. The number of hydrogen-bond acceptors (Lipinski definition) is 5. The minimum atomic E-state index is -0.791. The van der Waals surface area contributed by atoms with Crippen LogP contribution < -0.4 is 16.0 Å². The van der Waals surface area contributed by atoms with E-state index in [-0.39, 0.29) is 25.2 Å². The number of ether oxygens (including phenoxy) is 1. The molecule has 2 atom stereocenters. The van der Waals surface area contributed by atoms with Crippen molar-refractivity contribution in [2.75, 3.05) is 5.32 Å². The Bertz CT molecular complexity index is 1010. The predicted octanol–water partition coefficient (Wildman–Crippen LogP) is 2.73. The van der Waals surface area contributed by atoms with Crippen LogP contribution in [0.1, 0.15) is 38.4 Å². The largest absolute Gasteiger partial charge is 0.444 e. The summed E-state index contributed by atoms with van der Waals surface area (Å²) in [7, 11) is 0. The van der Waals surface area contributed by atoms with Gasteiger partial charge in [-0.05, 0) is 51.0 Å². The van der Waals surface area contributed by atoms with Crippen LogP contribution in [-0.4, -0.2) is 40.6 Å². The minimum Gasteiger partial charge on any atom is -0.444 e. The summed E-state index contributed by atoms with van der Waals surface area (Å²) in [6.45, 7) is 5.16. The third-order valence-corrected chi connectivity index (χ3v) is 4.77. The lowest BCUT2D eigenvalue weighted by Crippen LogP contribution is -2.50. The predicted molar refractivity (Wildman–Crippen MR) is 116 cm³/mol. The number of nitrogens with zero attached hydrogens (tertiary/aromatic N) is 1. The molecule has 1 aliphatic rings. The first-order valence-electron chi connectivity index (χ1n) is 10.4. The Balaban J connectivity index is 1.67. The van der Waals surface area contributed by atoms with Crippen molar-refractivity contribution in [2.45, 2.75) is 57.7 Å². The molecular weight excluding hydrogens is 415 g/mol. The number of aromatic nitrogens is 1. The Morgan fingerprint density at radius 1 is 1.25 bits per heavy atom. The van der Waals surface area contributed by atoms with E-state index >= 15 is 0 Å². The van der Waals surface area contributed by atoms with Gasteiger partial charge in [-0.25, -0.2) is 9.18 Å². The molecule has 3 rings (SSSR count). The molecule has 32 heavy (non-hydrogen) atoms. The molecule has 1 aliphatic heterocycles. The molecule has 0 radical (unpaired) electrons. The third-order valence-electron chi connectivity index (χ3n) is 4.77. The molecule has 0 saturated carbocycles. The van der Waals surface area contributed by atoms with Gasteiger partial charge in [-0.15, -0.1) is 0 Å². The zero-order valence-corrected chi connectivity index (χ0v) is 18.3. The smallest absolute Gasteiger partial charge is 0.407 e. The Kier molecular flexibility index (Phi) is 7.07. The van der Waals surface area contributed by atoms with Crippen LogP contribution in [-0.2, 0) is 27.2 Å². The number of halogens is 1. The van der Waals surface area contributed by atoms with Gasteiger partial charge in [0.05, 0.1) is 11.4 Å². The number of carbonyl (C=O) groups excluding carboxylic acids is 3. The average molecular weight is 442 g/mol. The highest BCUT2D eigenvalue weighted by atomic mass is 19.1. The number of alkyl carbamates (subject to hydrolysis) is 1. The van der Waals surface area contributed by atoms with Crippen LogP contribution in [0.25, 0.3) is 0 Å². The number of benzene rings is 1. The van der Waals surface area contributed by atoms with Crippen LogP contribution in [0.4, 0.5) is 14.9 Å². The SMILES string of the molecule is CC(C)(C)OC(=O)N[C@@H](CC(=O)NC1Cc2ncccc2NC1=O)Cc1ccccc1F. The number of carbonyl (C=O) groups is 3. The number of nitrogens with one attached hydrogen (secondary N) is 3. The summed E-state index contributed by atoms with van der Waals surface area (Å²) < 4.78 is 19.4. The van der Waals surface area contributed by atoms with Crippen molar-refractivity contribution >= 4 is 23.6 Å². The van der Waals surface area contributed by atoms with Gasteiger partial charge in [-0.1, -0.05) is 18.2 Å². The third kappa shape index (κ3) is 6.50. The molecule has 2 aromatic rings. The highest BCUT2D eigenvalue weighted by Gasteiger charge is 2.29. The molecule has 0 saturated heterocycles. The molecule has 0 bridgehead atoms. The zero-order valence-electron chi connectivity index (χ0n) is 18.3. The van der Waals surface area contributed by atoms with Crippen molar-refractivity contribution in [3.63, 3.8) is 0 Å². The summed E-state index contributed by atoms with van der Waals surface area (Å²) >= 11 is 0. The van der Waals surface area contributed by atoms with E-state index in [2.05, 4.69) is 20.9 Å². The minimum absolute atomic E-state index is 0.0839. The number of rotatable bonds is 6. The standard InChI is InChI=1S/C23H27FN4O4/c1-23(2,3)32-22(31)26-15(11-14-7-4-5-8-16(14)24)12-20(29)27-19-13-18-17(28-21(19)30)9-6-10-25-18/h4-10,15,19H,11-13H2,1-3H3,(H,26,31)(H,27,29)(H,28,30)/t15-,19?/m1/s1. The molecule has 0 fully saturated rings. The lowest BCUT2D eigenvalue weighted by Gasteiger charge is -2.26. The first-order chi connectivity index (χ1) is 15.1. The summed E-state index contributed by atoms with van der Waals surface area (Å²) in [5, 5.41) is 8.05. The molecule has 9 heteroatoms. The summed E-state index contributed by atoms with van der Waals surface area (Å²) in [5.41, 5.74) is 0.921. The van der Waals surface area contributed by atoms with Crippen LogP contribution in [0.5, 0.6) is 0 Å². The lowest BCUT2D eigenvalue weighted by atomic mass is 10.0. The molecule has 0 spiro atoms. The monoisotopic (exact) mass is 442 g/mol. The molecule has 170 valence electrons. The maximum absolute atomic E-state index is 14.2. The Hall–Kier alpha value is -3.49. The van der Waals surface area contributed by atoms with Gasteiger partial charge in [0.25, 0.3) is 0 Å². The molecule has 1 aromatic heterocycles. The van der Waals surface area contributed by atoms with E-state index in [0.29, 0.717) is 16.9 Å². The Labute approximate surface area is 185 Å². The molecular formula is C23H27FN4O4. The van der Waals surface area contributed by atoms with E-state index < -0.39 is 35.5 Å².